The first kappa shape index (κ1) is 20.3. The molecule has 156 valence electrons. The minimum atomic E-state index is -0.0574. The molecule has 0 unspecified atom stereocenters. The van der Waals surface area contributed by atoms with Crippen LogP contribution in [0.5, 0.6) is 0 Å². The number of likely N-dealkylation sites (tertiary alicyclic amines) is 1. The maximum Gasteiger partial charge on any atom is 0.222 e. The molecular formula is C24H28N4O2. The molecule has 2 heterocycles. The summed E-state index contributed by atoms with van der Waals surface area (Å²) in [6.07, 6.45) is 5.48. The normalized spacial score (nSPS) is 16.3. The van der Waals surface area contributed by atoms with Crippen LogP contribution in [0.25, 0.3) is 0 Å². The van der Waals surface area contributed by atoms with Crippen molar-refractivity contribution >= 4 is 11.6 Å². The summed E-state index contributed by atoms with van der Waals surface area (Å²) in [5, 5.41) is 11.1. The number of anilines is 1. The Morgan fingerprint density at radius 1 is 1.07 bits per heavy atom. The zero-order chi connectivity index (χ0) is 20.8. The van der Waals surface area contributed by atoms with Crippen LogP contribution in [-0.4, -0.2) is 34.1 Å². The lowest BCUT2D eigenvalue weighted by Crippen LogP contribution is -2.42. The van der Waals surface area contributed by atoms with Crippen molar-refractivity contribution in [3.8, 4) is 0 Å². The van der Waals surface area contributed by atoms with Crippen molar-refractivity contribution in [1.82, 2.24) is 15.1 Å². The van der Waals surface area contributed by atoms with Crippen molar-refractivity contribution in [2.24, 2.45) is 0 Å². The molecule has 0 bridgehead atoms. The minimum Gasteiger partial charge on any atom is -0.427 e. The Kier molecular flexibility index (Phi) is 6.23. The molecule has 1 aliphatic heterocycles. The number of piperidine rings is 1. The van der Waals surface area contributed by atoms with E-state index in [2.05, 4.69) is 62.9 Å². The Morgan fingerprint density at radius 3 is 2.43 bits per heavy atom. The van der Waals surface area contributed by atoms with Gasteiger partial charge in [0.15, 0.2) is 0 Å². The summed E-state index contributed by atoms with van der Waals surface area (Å²) in [5.41, 5.74) is 3.37. The second-order valence-corrected chi connectivity index (χ2v) is 8.16. The first-order valence-corrected chi connectivity index (χ1v) is 10.5. The van der Waals surface area contributed by atoms with Crippen LogP contribution in [0, 0.1) is 0 Å². The number of aryl methyl sites for hydroxylation is 1. The number of hydrogen-bond donors (Lipinski definition) is 1. The van der Waals surface area contributed by atoms with Gasteiger partial charge in [-0.3, -0.25) is 9.69 Å². The Bertz CT molecular complexity index is 931. The molecule has 0 atom stereocenters. The highest BCUT2D eigenvalue weighted by Gasteiger charge is 2.40. The lowest BCUT2D eigenvalue weighted by Gasteiger charge is -2.39. The van der Waals surface area contributed by atoms with Gasteiger partial charge >= 0.3 is 0 Å². The second kappa shape index (κ2) is 9.22. The van der Waals surface area contributed by atoms with Crippen molar-refractivity contribution in [3.05, 3.63) is 78.0 Å². The van der Waals surface area contributed by atoms with Gasteiger partial charge in [0.25, 0.3) is 0 Å². The third-order valence-electron chi connectivity index (χ3n) is 6.04. The fourth-order valence-corrected chi connectivity index (χ4v) is 4.30. The van der Waals surface area contributed by atoms with Gasteiger partial charge in [-0.2, -0.15) is 0 Å². The Labute approximate surface area is 177 Å². The predicted molar refractivity (Wildman–Crippen MR) is 116 cm³/mol. The first-order chi connectivity index (χ1) is 14.6. The quantitative estimate of drug-likeness (QED) is 0.639. The van der Waals surface area contributed by atoms with Crippen LogP contribution in [0.1, 0.15) is 43.2 Å². The smallest absolute Gasteiger partial charge is 0.222 e. The second-order valence-electron chi connectivity index (χ2n) is 8.16. The Morgan fingerprint density at radius 2 is 1.80 bits per heavy atom. The molecular weight excluding hydrogens is 376 g/mol. The van der Waals surface area contributed by atoms with Crippen molar-refractivity contribution in [3.63, 3.8) is 0 Å². The van der Waals surface area contributed by atoms with Crippen LogP contribution in [0.4, 0.5) is 5.69 Å². The summed E-state index contributed by atoms with van der Waals surface area (Å²) in [7, 11) is 0. The average molecular weight is 405 g/mol. The molecule has 2 aromatic carbocycles. The predicted octanol–water partition coefficient (Wildman–Crippen LogP) is 4.19. The maximum atomic E-state index is 11.2. The lowest BCUT2D eigenvalue weighted by atomic mass is 9.74. The number of benzene rings is 2. The number of rotatable bonds is 7. The third kappa shape index (κ3) is 4.94. The van der Waals surface area contributed by atoms with E-state index in [1.54, 1.807) is 0 Å². The summed E-state index contributed by atoms with van der Waals surface area (Å²) >= 11 is 0. The number of hydrogen-bond acceptors (Lipinski definition) is 5. The zero-order valence-electron chi connectivity index (χ0n) is 17.4. The average Bonchev–Trinajstić information content (AvgIpc) is 3.31. The SMILES string of the molecule is CC(=O)Nc1ccc(CN2CCC(CCc3ccccc3)(c3nnco3)CC2)cc1. The lowest BCUT2D eigenvalue weighted by molar-refractivity contribution is -0.114. The highest BCUT2D eigenvalue weighted by molar-refractivity contribution is 5.88. The minimum absolute atomic E-state index is 0.0494. The van der Waals surface area contributed by atoms with Gasteiger partial charge in [0.1, 0.15) is 0 Å². The fraction of sp³-hybridized carbons (Fsp3) is 0.375. The molecule has 6 heteroatoms. The van der Waals surface area contributed by atoms with Crippen molar-refractivity contribution in [2.45, 2.75) is 44.6 Å². The van der Waals surface area contributed by atoms with Crippen LogP contribution in [0.2, 0.25) is 0 Å². The van der Waals surface area contributed by atoms with Gasteiger partial charge in [0, 0.05) is 19.2 Å². The summed E-state index contributed by atoms with van der Waals surface area (Å²) in [4.78, 5) is 13.7. The van der Waals surface area contributed by atoms with E-state index in [0.29, 0.717) is 0 Å². The van der Waals surface area contributed by atoms with Gasteiger partial charge in [0.05, 0.1) is 5.41 Å². The molecule has 3 aromatic rings. The number of carbonyl (C=O) groups excluding carboxylic acids is 1. The van der Waals surface area contributed by atoms with Gasteiger partial charge in [-0.25, -0.2) is 0 Å². The van der Waals surface area contributed by atoms with E-state index >= 15 is 0 Å². The monoisotopic (exact) mass is 404 g/mol. The molecule has 1 saturated heterocycles. The van der Waals surface area contributed by atoms with Crippen LogP contribution in [-0.2, 0) is 23.2 Å². The van der Waals surface area contributed by atoms with Gasteiger partial charge in [-0.15, -0.1) is 10.2 Å². The molecule has 0 radical (unpaired) electrons. The van der Waals surface area contributed by atoms with E-state index in [4.69, 9.17) is 4.42 Å². The number of aromatic nitrogens is 2. The Hall–Kier alpha value is -2.99. The molecule has 1 fully saturated rings. The van der Waals surface area contributed by atoms with Crippen LogP contribution in [0.15, 0.2) is 65.4 Å². The highest BCUT2D eigenvalue weighted by atomic mass is 16.4. The topological polar surface area (TPSA) is 71.3 Å². The van der Waals surface area contributed by atoms with E-state index in [1.165, 1.54) is 24.4 Å². The standard InChI is InChI=1S/C24H28N4O2/c1-19(29)26-22-9-7-21(8-10-22)17-28-15-13-24(14-16-28,23-27-25-18-30-23)12-11-20-5-3-2-4-6-20/h2-10,18H,11-17H2,1H3,(H,26,29). The third-order valence-corrected chi connectivity index (χ3v) is 6.04. The van der Waals surface area contributed by atoms with Crippen LogP contribution in [0.3, 0.4) is 0 Å². The molecule has 0 saturated carbocycles. The van der Waals surface area contributed by atoms with E-state index < -0.39 is 0 Å². The largest absolute Gasteiger partial charge is 0.427 e. The summed E-state index contributed by atoms with van der Waals surface area (Å²) in [5.74, 6) is 0.726. The fourth-order valence-electron chi connectivity index (χ4n) is 4.30. The molecule has 6 nitrogen and oxygen atoms in total. The Balaban J connectivity index is 1.38. The number of amides is 1. The van der Waals surface area contributed by atoms with E-state index in [0.717, 1.165) is 56.9 Å². The van der Waals surface area contributed by atoms with Crippen molar-refractivity contribution in [2.75, 3.05) is 18.4 Å². The number of nitrogens with one attached hydrogen (secondary N) is 1. The molecule has 1 aliphatic rings. The van der Waals surface area contributed by atoms with Crippen molar-refractivity contribution < 1.29 is 9.21 Å². The molecule has 1 N–H and O–H groups in total. The highest BCUT2D eigenvalue weighted by Crippen LogP contribution is 2.39. The van der Waals surface area contributed by atoms with Crippen LogP contribution < -0.4 is 5.32 Å². The van der Waals surface area contributed by atoms with E-state index in [1.807, 2.05) is 12.1 Å². The number of nitrogens with zero attached hydrogens (tertiary/aromatic N) is 3. The van der Waals surface area contributed by atoms with E-state index in [9.17, 15) is 4.79 Å². The first-order valence-electron chi connectivity index (χ1n) is 10.5. The summed E-state index contributed by atoms with van der Waals surface area (Å²) < 4.78 is 5.69. The zero-order valence-corrected chi connectivity index (χ0v) is 17.4. The van der Waals surface area contributed by atoms with Gasteiger partial charge < -0.3 is 9.73 Å². The number of carbonyl (C=O) groups is 1. The van der Waals surface area contributed by atoms with Crippen molar-refractivity contribution in [1.29, 1.82) is 0 Å². The van der Waals surface area contributed by atoms with E-state index in [-0.39, 0.29) is 11.3 Å². The van der Waals surface area contributed by atoms with Gasteiger partial charge in [-0.1, -0.05) is 42.5 Å². The maximum absolute atomic E-state index is 11.2. The molecule has 1 aromatic heterocycles. The van der Waals surface area contributed by atoms with Crippen LogP contribution >= 0.6 is 0 Å². The molecule has 0 spiro atoms. The molecule has 30 heavy (non-hydrogen) atoms. The summed E-state index contributed by atoms with van der Waals surface area (Å²) in [6, 6.07) is 18.7. The molecule has 0 aliphatic carbocycles. The summed E-state index contributed by atoms with van der Waals surface area (Å²) in [6.45, 7) is 4.41. The molecule has 4 rings (SSSR count). The van der Waals surface area contributed by atoms with Gasteiger partial charge in [-0.05, 0) is 62.0 Å². The van der Waals surface area contributed by atoms with Gasteiger partial charge in [0.2, 0.25) is 18.2 Å². The molecule has 1 amide bonds.